The Morgan fingerprint density at radius 3 is 2.95 bits per heavy atom. The second kappa shape index (κ2) is 5.54. The third-order valence-corrected chi connectivity index (χ3v) is 4.11. The number of fused-ring (bicyclic) bond motifs is 1. The number of hydrogen-bond acceptors (Lipinski definition) is 4. The van der Waals surface area contributed by atoms with E-state index >= 15 is 0 Å². The van der Waals surface area contributed by atoms with Gasteiger partial charge in [-0.05, 0) is 42.3 Å². The van der Waals surface area contributed by atoms with E-state index in [1.807, 2.05) is 36.4 Å². The molecule has 3 rings (SSSR count). The molecular weight excluding hydrogens is 282 g/mol. The monoisotopic (exact) mass is 297 g/mol. The van der Waals surface area contributed by atoms with Crippen molar-refractivity contribution in [3.63, 3.8) is 0 Å². The summed E-state index contributed by atoms with van der Waals surface area (Å²) in [5.41, 5.74) is 9.11. The molecule has 0 unspecified atom stereocenters. The number of anilines is 2. The summed E-state index contributed by atoms with van der Waals surface area (Å²) in [6.07, 6.45) is 0.940. The van der Waals surface area contributed by atoms with Crippen molar-refractivity contribution < 1.29 is 4.79 Å². The number of aryl methyl sites for hydroxylation is 1. The number of thiazole rings is 1. The maximum atomic E-state index is 12.3. The first-order valence-electron chi connectivity index (χ1n) is 6.72. The Morgan fingerprint density at radius 1 is 1.29 bits per heavy atom. The van der Waals surface area contributed by atoms with Crippen molar-refractivity contribution in [2.75, 3.05) is 11.1 Å². The highest BCUT2D eigenvalue weighted by molar-refractivity contribution is 7.22. The number of amides is 1. The molecule has 5 heteroatoms. The molecule has 0 bridgehead atoms. The van der Waals surface area contributed by atoms with Gasteiger partial charge in [0.25, 0.3) is 5.91 Å². The number of carbonyl (C=O) groups excluding carboxylic acids is 1. The molecule has 106 valence electrons. The molecule has 2 aromatic carbocycles. The standard InChI is InChI=1S/C16H15N3OS/c1-2-10-4-3-5-12(8-10)18-15(20)11-6-7-13-14(9-11)21-16(17)19-13/h3-9H,2H2,1H3,(H2,17,19)(H,18,20). The smallest absolute Gasteiger partial charge is 0.255 e. The summed E-state index contributed by atoms with van der Waals surface area (Å²) in [6, 6.07) is 13.3. The first-order chi connectivity index (χ1) is 10.2. The molecule has 0 aliphatic carbocycles. The van der Waals surface area contributed by atoms with E-state index in [1.54, 1.807) is 6.07 Å². The van der Waals surface area contributed by atoms with Crippen LogP contribution in [0, 0.1) is 0 Å². The average Bonchev–Trinajstić information content (AvgIpc) is 2.86. The number of carbonyl (C=O) groups is 1. The quantitative estimate of drug-likeness (QED) is 0.774. The van der Waals surface area contributed by atoms with Gasteiger partial charge in [-0.3, -0.25) is 4.79 Å². The van der Waals surface area contributed by atoms with E-state index in [-0.39, 0.29) is 5.91 Å². The Labute approximate surface area is 126 Å². The normalized spacial score (nSPS) is 10.7. The van der Waals surface area contributed by atoms with Crippen molar-refractivity contribution in [2.24, 2.45) is 0 Å². The van der Waals surface area contributed by atoms with E-state index in [9.17, 15) is 4.79 Å². The number of nitrogens with one attached hydrogen (secondary N) is 1. The van der Waals surface area contributed by atoms with Gasteiger partial charge in [-0.15, -0.1) is 0 Å². The third kappa shape index (κ3) is 2.87. The van der Waals surface area contributed by atoms with Gasteiger partial charge < -0.3 is 11.1 Å². The van der Waals surface area contributed by atoms with Crippen LogP contribution in [0.25, 0.3) is 10.2 Å². The molecule has 4 nitrogen and oxygen atoms in total. The van der Waals surface area contributed by atoms with Crippen LogP contribution in [0.2, 0.25) is 0 Å². The molecule has 1 amide bonds. The lowest BCUT2D eigenvalue weighted by Crippen LogP contribution is -2.11. The summed E-state index contributed by atoms with van der Waals surface area (Å²) < 4.78 is 0.919. The molecule has 3 N–H and O–H groups in total. The van der Waals surface area contributed by atoms with E-state index in [1.165, 1.54) is 16.9 Å². The van der Waals surface area contributed by atoms with Gasteiger partial charge in [0, 0.05) is 11.3 Å². The summed E-state index contributed by atoms with van der Waals surface area (Å²) in [4.78, 5) is 16.5. The maximum absolute atomic E-state index is 12.3. The van der Waals surface area contributed by atoms with Crippen molar-refractivity contribution in [3.8, 4) is 0 Å². The number of rotatable bonds is 3. The minimum Gasteiger partial charge on any atom is -0.375 e. The molecule has 1 heterocycles. The zero-order chi connectivity index (χ0) is 14.8. The van der Waals surface area contributed by atoms with Gasteiger partial charge in [-0.2, -0.15) is 0 Å². The zero-order valence-corrected chi connectivity index (χ0v) is 12.4. The van der Waals surface area contributed by atoms with Crippen molar-refractivity contribution in [3.05, 3.63) is 53.6 Å². The SMILES string of the molecule is CCc1cccc(NC(=O)c2ccc3nc(N)sc3c2)c1. The Bertz CT molecular complexity index is 810. The second-order valence-corrected chi connectivity index (χ2v) is 5.80. The maximum Gasteiger partial charge on any atom is 0.255 e. The molecular formula is C16H15N3OS. The molecule has 0 atom stereocenters. The summed E-state index contributed by atoms with van der Waals surface area (Å²) in [7, 11) is 0. The molecule has 0 aliphatic rings. The fourth-order valence-electron chi connectivity index (χ4n) is 2.16. The topological polar surface area (TPSA) is 68.0 Å². The molecule has 0 fully saturated rings. The van der Waals surface area contributed by atoms with Gasteiger partial charge >= 0.3 is 0 Å². The van der Waals surface area contributed by atoms with Crippen LogP contribution >= 0.6 is 11.3 Å². The number of nitrogens with zero attached hydrogens (tertiary/aromatic N) is 1. The lowest BCUT2D eigenvalue weighted by molar-refractivity contribution is 0.102. The van der Waals surface area contributed by atoms with Crippen molar-refractivity contribution in [1.82, 2.24) is 4.98 Å². The fourth-order valence-corrected chi connectivity index (χ4v) is 2.93. The lowest BCUT2D eigenvalue weighted by Gasteiger charge is -2.06. The highest BCUT2D eigenvalue weighted by atomic mass is 32.1. The van der Waals surface area contributed by atoms with Crippen molar-refractivity contribution >= 4 is 38.3 Å². The summed E-state index contributed by atoms with van der Waals surface area (Å²) in [5.74, 6) is -0.128. The van der Waals surface area contributed by atoms with Gasteiger partial charge in [0.2, 0.25) is 0 Å². The van der Waals surface area contributed by atoms with E-state index in [2.05, 4.69) is 17.2 Å². The summed E-state index contributed by atoms with van der Waals surface area (Å²) in [6.45, 7) is 2.09. The number of hydrogen-bond donors (Lipinski definition) is 2. The fraction of sp³-hybridized carbons (Fsp3) is 0.125. The first-order valence-corrected chi connectivity index (χ1v) is 7.53. The predicted octanol–water partition coefficient (Wildman–Crippen LogP) is 3.69. The van der Waals surface area contributed by atoms with Crippen LogP contribution in [0.1, 0.15) is 22.8 Å². The van der Waals surface area contributed by atoms with Gasteiger partial charge in [0.15, 0.2) is 5.13 Å². The highest BCUT2D eigenvalue weighted by Gasteiger charge is 2.09. The van der Waals surface area contributed by atoms with Crippen molar-refractivity contribution in [2.45, 2.75) is 13.3 Å². The lowest BCUT2D eigenvalue weighted by atomic mass is 10.1. The van der Waals surface area contributed by atoms with Crippen LogP contribution in [-0.2, 0) is 6.42 Å². The van der Waals surface area contributed by atoms with Crippen LogP contribution < -0.4 is 11.1 Å². The van der Waals surface area contributed by atoms with Gasteiger partial charge in [0.1, 0.15) is 0 Å². The molecule has 0 saturated carbocycles. The molecule has 0 spiro atoms. The molecule has 0 saturated heterocycles. The predicted molar refractivity (Wildman–Crippen MR) is 87.8 cm³/mol. The van der Waals surface area contributed by atoms with Crippen LogP contribution in [0.5, 0.6) is 0 Å². The second-order valence-electron chi connectivity index (χ2n) is 4.74. The van der Waals surface area contributed by atoms with Crippen molar-refractivity contribution in [1.29, 1.82) is 0 Å². The first kappa shape index (κ1) is 13.6. The summed E-state index contributed by atoms with van der Waals surface area (Å²) in [5, 5.41) is 3.43. The van der Waals surface area contributed by atoms with E-state index in [0.29, 0.717) is 10.7 Å². The van der Waals surface area contributed by atoms with Gasteiger partial charge in [0.05, 0.1) is 10.2 Å². The molecule has 1 aromatic heterocycles. The Balaban J connectivity index is 1.85. The molecule has 3 aromatic rings. The highest BCUT2D eigenvalue weighted by Crippen LogP contribution is 2.25. The largest absolute Gasteiger partial charge is 0.375 e. The third-order valence-electron chi connectivity index (χ3n) is 3.26. The van der Waals surface area contributed by atoms with Gasteiger partial charge in [-0.25, -0.2) is 4.98 Å². The number of nitrogen functional groups attached to an aromatic ring is 1. The number of nitrogens with two attached hydrogens (primary N) is 1. The number of aromatic nitrogens is 1. The van der Waals surface area contributed by atoms with Crippen LogP contribution in [0.3, 0.4) is 0 Å². The average molecular weight is 297 g/mol. The van der Waals surface area contributed by atoms with Crippen LogP contribution in [0.15, 0.2) is 42.5 Å². The zero-order valence-electron chi connectivity index (χ0n) is 11.6. The van der Waals surface area contributed by atoms with E-state index < -0.39 is 0 Å². The van der Waals surface area contributed by atoms with Gasteiger partial charge in [-0.1, -0.05) is 30.4 Å². The minimum atomic E-state index is -0.128. The Hall–Kier alpha value is -2.40. The van der Waals surface area contributed by atoms with Crippen LogP contribution in [-0.4, -0.2) is 10.9 Å². The molecule has 21 heavy (non-hydrogen) atoms. The Kier molecular flexibility index (Phi) is 3.58. The molecule has 0 aliphatic heterocycles. The van der Waals surface area contributed by atoms with Crippen LogP contribution in [0.4, 0.5) is 10.8 Å². The van der Waals surface area contributed by atoms with E-state index in [0.717, 1.165) is 22.3 Å². The molecule has 0 radical (unpaired) electrons. The number of benzene rings is 2. The Morgan fingerprint density at radius 2 is 2.14 bits per heavy atom. The summed E-state index contributed by atoms with van der Waals surface area (Å²) >= 11 is 1.38. The minimum absolute atomic E-state index is 0.128. The van der Waals surface area contributed by atoms with E-state index in [4.69, 9.17) is 5.73 Å².